The highest BCUT2D eigenvalue weighted by molar-refractivity contribution is 5.75. The van der Waals surface area contributed by atoms with Gasteiger partial charge in [-0.05, 0) is 65.5 Å². The summed E-state index contributed by atoms with van der Waals surface area (Å²) in [6.45, 7) is 2.89. The average Bonchev–Trinajstić information content (AvgIpc) is 2.70. The molecular weight excluding hydrogens is 376 g/mol. The molecule has 2 N–H and O–H groups in total. The lowest BCUT2D eigenvalue weighted by Gasteiger charge is -2.19. The van der Waals surface area contributed by atoms with E-state index in [4.69, 9.17) is 5.11 Å². The van der Waals surface area contributed by atoms with Crippen molar-refractivity contribution in [1.29, 1.82) is 0 Å². The Balaban J connectivity index is 3.40. The number of nitrogens with one attached hydrogen (secondary N) is 1. The van der Waals surface area contributed by atoms with Gasteiger partial charge in [0.15, 0.2) is 0 Å². The molecule has 30 heavy (non-hydrogen) atoms. The predicted molar refractivity (Wildman–Crippen MR) is 127 cm³/mol. The fourth-order valence-electron chi connectivity index (χ4n) is 3.56. The number of carbonyl (C=O) groups is 2. The summed E-state index contributed by atoms with van der Waals surface area (Å²) in [5.74, 6) is -0.653. The molecule has 0 fully saturated rings. The number of allylic oxidation sites excluding steroid dienone is 2. The third kappa shape index (κ3) is 18.7. The highest BCUT2D eigenvalue weighted by Gasteiger charge is 2.18. The number of rotatable bonds is 21. The van der Waals surface area contributed by atoms with Crippen molar-refractivity contribution < 1.29 is 14.7 Å². The summed E-state index contributed by atoms with van der Waals surface area (Å²) in [7, 11) is 3.57. The lowest BCUT2D eigenvalue weighted by Crippen LogP contribution is -2.35. The van der Waals surface area contributed by atoms with Crippen LogP contribution in [0.1, 0.15) is 110 Å². The average molecular weight is 425 g/mol. The molecule has 0 saturated heterocycles. The van der Waals surface area contributed by atoms with E-state index in [1.54, 1.807) is 19.0 Å². The maximum atomic E-state index is 11.9. The maximum Gasteiger partial charge on any atom is 0.320 e. The molecule has 0 heterocycles. The van der Waals surface area contributed by atoms with Crippen molar-refractivity contribution in [2.45, 2.75) is 116 Å². The smallest absolute Gasteiger partial charge is 0.320 e. The standard InChI is InChI=1S/C25H48N2O3/c1-4-5-6-7-8-9-10-11-12-13-14-15-16-17-21-24(28)26-22-19-18-20-23(25(29)30)27(2)3/h9-10,23H,4-8,11-22H2,1-3H3,(H,26,28)(H,29,30)/b10-9+/t23-/m0/s1. The van der Waals surface area contributed by atoms with Crippen molar-refractivity contribution in [3.8, 4) is 0 Å². The number of amides is 1. The van der Waals surface area contributed by atoms with Crippen LogP contribution >= 0.6 is 0 Å². The number of carboxylic acid groups (broad SMARTS) is 1. The van der Waals surface area contributed by atoms with E-state index in [-0.39, 0.29) is 5.91 Å². The fourth-order valence-corrected chi connectivity index (χ4v) is 3.56. The predicted octanol–water partition coefficient (Wildman–Crippen LogP) is 5.94. The zero-order valence-electron chi connectivity index (χ0n) is 20.0. The van der Waals surface area contributed by atoms with E-state index in [2.05, 4.69) is 24.4 Å². The van der Waals surface area contributed by atoms with Crippen LogP contribution < -0.4 is 5.32 Å². The molecule has 0 bridgehead atoms. The van der Waals surface area contributed by atoms with Gasteiger partial charge in [-0.15, -0.1) is 0 Å². The van der Waals surface area contributed by atoms with E-state index in [1.807, 2.05) is 0 Å². The molecule has 176 valence electrons. The summed E-state index contributed by atoms with van der Waals surface area (Å²) < 4.78 is 0. The van der Waals surface area contributed by atoms with E-state index >= 15 is 0 Å². The van der Waals surface area contributed by atoms with Crippen LogP contribution in [0.3, 0.4) is 0 Å². The lowest BCUT2D eigenvalue weighted by molar-refractivity contribution is -0.142. The summed E-state index contributed by atoms with van der Waals surface area (Å²) in [6.07, 6.45) is 22.5. The molecule has 0 aliphatic heterocycles. The topological polar surface area (TPSA) is 69.6 Å². The van der Waals surface area contributed by atoms with Gasteiger partial charge in [0, 0.05) is 13.0 Å². The number of carboxylic acids is 1. The van der Waals surface area contributed by atoms with Crippen molar-refractivity contribution in [2.75, 3.05) is 20.6 Å². The minimum absolute atomic E-state index is 0.126. The van der Waals surface area contributed by atoms with Crippen molar-refractivity contribution in [3.05, 3.63) is 12.2 Å². The summed E-state index contributed by atoms with van der Waals surface area (Å²) in [6, 6.07) is -0.438. The van der Waals surface area contributed by atoms with Crippen LogP contribution in [0.25, 0.3) is 0 Å². The van der Waals surface area contributed by atoms with Gasteiger partial charge in [0.05, 0.1) is 0 Å². The Hall–Kier alpha value is -1.36. The first kappa shape index (κ1) is 28.6. The number of carbonyl (C=O) groups excluding carboxylic acids is 1. The molecule has 0 rings (SSSR count). The molecule has 0 aliphatic carbocycles. The number of nitrogens with zero attached hydrogens (tertiary/aromatic N) is 1. The van der Waals surface area contributed by atoms with Crippen LogP contribution in [0.4, 0.5) is 0 Å². The van der Waals surface area contributed by atoms with Gasteiger partial charge < -0.3 is 10.4 Å². The number of unbranched alkanes of at least 4 members (excludes halogenated alkanes) is 11. The van der Waals surface area contributed by atoms with E-state index < -0.39 is 12.0 Å². The Morgan fingerprint density at radius 2 is 1.40 bits per heavy atom. The van der Waals surface area contributed by atoms with Gasteiger partial charge in [-0.2, -0.15) is 0 Å². The first-order valence-electron chi connectivity index (χ1n) is 12.3. The van der Waals surface area contributed by atoms with Gasteiger partial charge in [0.2, 0.25) is 5.91 Å². The van der Waals surface area contributed by atoms with E-state index in [0.29, 0.717) is 19.4 Å². The van der Waals surface area contributed by atoms with Gasteiger partial charge in [0.1, 0.15) is 6.04 Å². The zero-order valence-corrected chi connectivity index (χ0v) is 20.0. The number of hydrogen-bond acceptors (Lipinski definition) is 3. The van der Waals surface area contributed by atoms with Crippen molar-refractivity contribution >= 4 is 11.9 Å². The van der Waals surface area contributed by atoms with Crippen LogP contribution in [-0.4, -0.2) is 48.6 Å². The molecule has 0 radical (unpaired) electrons. The van der Waals surface area contributed by atoms with Gasteiger partial charge in [-0.3, -0.25) is 14.5 Å². The largest absolute Gasteiger partial charge is 0.480 e. The minimum atomic E-state index is -0.779. The van der Waals surface area contributed by atoms with Crippen LogP contribution in [0.15, 0.2) is 12.2 Å². The van der Waals surface area contributed by atoms with Crippen LogP contribution in [-0.2, 0) is 9.59 Å². The quantitative estimate of drug-likeness (QED) is 0.177. The third-order valence-corrected chi connectivity index (χ3v) is 5.55. The highest BCUT2D eigenvalue weighted by atomic mass is 16.4. The van der Waals surface area contributed by atoms with E-state index in [9.17, 15) is 9.59 Å². The lowest BCUT2D eigenvalue weighted by atomic mass is 10.1. The molecule has 0 aromatic rings. The molecule has 0 aromatic carbocycles. The van der Waals surface area contributed by atoms with Crippen molar-refractivity contribution in [1.82, 2.24) is 10.2 Å². The molecule has 1 atom stereocenters. The summed E-state index contributed by atoms with van der Waals surface area (Å²) in [5.41, 5.74) is 0. The molecule has 0 spiro atoms. The zero-order chi connectivity index (χ0) is 22.5. The molecule has 5 nitrogen and oxygen atoms in total. The Kier molecular flexibility index (Phi) is 19.9. The van der Waals surface area contributed by atoms with Gasteiger partial charge in [-0.25, -0.2) is 0 Å². The molecule has 0 saturated carbocycles. The maximum absolute atomic E-state index is 11.9. The normalized spacial score (nSPS) is 12.5. The Morgan fingerprint density at radius 1 is 0.833 bits per heavy atom. The summed E-state index contributed by atoms with van der Waals surface area (Å²) in [5, 5.41) is 12.1. The first-order valence-corrected chi connectivity index (χ1v) is 12.3. The van der Waals surface area contributed by atoms with Crippen LogP contribution in [0.2, 0.25) is 0 Å². The van der Waals surface area contributed by atoms with Crippen molar-refractivity contribution in [3.63, 3.8) is 0 Å². The Labute approximate surface area is 185 Å². The van der Waals surface area contributed by atoms with Crippen LogP contribution in [0.5, 0.6) is 0 Å². The van der Waals surface area contributed by atoms with Gasteiger partial charge in [0.25, 0.3) is 0 Å². The molecule has 1 amide bonds. The molecule has 5 heteroatoms. The highest BCUT2D eigenvalue weighted by Crippen LogP contribution is 2.10. The summed E-state index contributed by atoms with van der Waals surface area (Å²) in [4.78, 5) is 24.7. The SMILES string of the molecule is CCCCCC/C=C/CCCCCCCCC(=O)NCCCC[C@@H](C(=O)O)N(C)C. The van der Waals surface area contributed by atoms with Gasteiger partial charge >= 0.3 is 5.97 Å². The molecule has 0 aromatic heterocycles. The summed E-state index contributed by atoms with van der Waals surface area (Å²) >= 11 is 0. The molecular formula is C25H48N2O3. The second kappa shape index (κ2) is 20.9. The third-order valence-electron chi connectivity index (χ3n) is 5.55. The number of hydrogen-bond donors (Lipinski definition) is 2. The molecule has 0 unspecified atom stereocenters. The fraction of sp³-hybridized carbons (Fsp3) is 0.840. The Morgan fingerprint density at radius 3 is 1.97 bits per heavy atom. The number of likely N-dealkylation sites (N-methyl/N-ethyl adjacent to an activating group) is 1. The van der Waals surface area contributed by atoms with Gasteiger partial charge in [-0.1, -0.05) is 64.0 Å². The van der Waals surface area contributed by atoms with E-state index in [0.717, 1.165) is 25.7 Å². The number of aliphatic carboxylic acids is 1. The second-order valence-corrected chi connectivity index (χ2v) is 8.64. The monoisotopic (exact) mass is 424 g/mol. The first-order chi connectivity index (χ1) is 14.5. The van der Waals surface area contributed by atoms with E-state index in [1.165, 1.54) is 64.2 Å². The minimum Gasteiger partial charge on any atom is -0.480 e. The Bertz CT molecular complexity index is 450. The van der Waals surface area contributed by atoms with Crippen LogP contribution in [0, 0.1) is 0 Å². The molecule has 0 aliphatic rings. The second-order valence-electron chi connectivity index (χ2n) is 8.64. The van der Waals surface area contributed by atoms with Crippen molar-refractivity contribution in [2.24, 2.45) is 0 Å².